The van der Waals surface area contributed by atoms with Gasteiger partial charge in [-0.3, -0.25) is 4.79 Å². The summed E-state index contributed by atoms with van der Waals surface area (Å²) < 4.78 is 38.6. The molecular weight excluding hydrogens is 416 g/mol. The molecule has 29 heavy (non-hydrogen) atoms. The Labute approximate surface area is 176 Å². The fraction of sp³-hybridized carbons (Fsp3) is 0.350. The van der Waals surface area contributed by atoms with E-state index in [0.717, 1.165) is 5.56 Å². The van der Waals surface area contributed by atoms with Crippen LogP contribution in [0.3, 0.4) is 0 Å². The molecule has 1 unspecified atom stereocenters. The Morgan fingerprint density at radius 1 is 1.14 bits per heavy atom. The van der Waals surface area contributed by atoms with Crippen molar-refractivity contribution in [2.75, 3.05) is 27.4 Å². The highest BCUT2D eigenvalue weighted by atomic mass is 35.5. The number of benzene rings is 2. The number of amides is 1. The van der Waals surface area contributed by atoms with Crippen LogP contribution >= 0.6 is 11.6 Å². The van der Waals surface area contributed by atoms with Crippen molar-refractivity contribution >= 4 is 27.5 Å². The van der Waals surface area contributed by atoms with Crippen LogP contribution in [0.2, 0.25) is 5.02 Å². The first-order valence-electron chi connectivity index (χ1n) is 9.04. The van der Waals surface area contributed by atoms with Crippen LogP contribution in [0.5, 0.6) is 5.75 Å². The van der Waals surface area contributed by atoms with Crippen LogP contribution in [0.1, 0.15) is 12.0 Å². The maximum atomic E-state index is 13.0. The highest BCUT2D eigenvalue weighted by Crippen LogP contribution is 2.27. The highest BCUT2D eigenvalue weighted by molar-refractivity contribution is 7.89. The molecule has 0 saturated carbocycles. The molecule has 7 nitrogen and oxygen atoms in total. The van der Waals surface area contributed by atoms with Gasteiger partial charge < -0.3 is 14.8 Å². The minimum absolute atomic E-state index is 0.127. The number of methoxy groups -OCH3 is 2. The monoisotopic (exact) mass is 440 g/mol. The van der Waals surface area contributed by atoms with Crippen molar-refractivity contribution in [1.82, 2.24) is 10.0 Å². The Morgan fingerprint density at radius 2 is 1.86 bits per heavy atom. The smallest absolute Gasteiger partial charge is 0.245 e. The molecule has 0 radical (unpaired) electrons. The Bertz CT molecular complexity index is 906. The molecule has 1 atom stereocenters. The minimum Gasteiger partial charge on any atom is -0.495 e. The number of carbonyl (C=O) groups excluding carboxylic acids is 1. The van der Waals surface area contributed by atoms with Crippen LogP contribution in [0.4, 0.5) is 0 Å². The first kappa shape index (κ1) is 23.2. The maximum Gasteiger partial charge on any atom is 0.245 e. The lowest BCUT2D eigenvalue weighted by Crippen LogP contribution is -2.48. The van der Waals surface area contributed by atoms with E-state index in [1.165, 1.54) is 25.3 Å². The zero-order chi connectivity index (χ0) is 21.3. The molecule has 1 amide bonds. The standard InChI is InChI=1S/C20H25ClN2O5S/c1-27-12-6-11-22-20(24)17(13-15-7-4-3-5-8-15)23-29(25,26)19-14-16(21)9-10-18(19)28-2/h3-5,7-10,14,17,23H,6,11-13H2,1-2H3,(H,22,24). The number of nitrogens with one attached hydrogen (secondary N) is 2. The largest absolute Gasteiger partial charge is 0.495 e. The average molecular weight is 441 g/mol. The second-order valence-electron chi connectivity index (χ2n) is 6.30. The first-order chi connectivity index (χ1) is 13.9. The molecule has 0 spiro atoms. The number of ether oxygens (including phenoxy) is 2. The van der Waals surface area contributed by atoms with Crippen molar-refractivity contribution < 1.29 is 22.7 Å². The zero-order valence-corrected chi connectivity index (χ0v) is 17.9. The molecule has 0 aliphatic rings. The van der Waals surface area contributed by atoms with E-state index in [2.05, 4.69) is 10.0 Å². The van der Waals surface area contributed by atoms with E-state index in [1.807, 2.05) is 30.3 Å². The molecule has 2 N–H and O–H groups in total. The van der Waals surface area contributed by atoms with Gasteiger partial charge in [-0.05, 0) is 36.6 Å². The molecule has 0 bridgehead atoms. The predicted octanol–water partition coefficient (Wildman–Crippen LogP) is 2.39. The van der Waals surface area contributed by atoms with Gasteiger partial charge in [-0.2, -0.15) is 4.72 Å². The molecule has 0 heterocycles. The zero-order valence-electron chi connectivity index (χ0n) is 16.4. The molecule has 0 aromatic heterocycles. The summed E-state index contributed by atoms with van der Waals surface area (Å²) in [6.45, 7) is 0.870. The van der Waals surface area contributed by atoms with Crippen molar-refractivity contribution in [3.63, 3.8) is 0 Å². The van der Waals surface area contributed by atoms with Gasteiger partial charge >= 0.3 is 0 Å². The number of rotatable bonds is 11. The summed E-state index contributed by atoms with van der Waals surface area (Å²) in [5.74, 6) is -0.282. The Hall–Kier alpha value is -2.13. The summed E-state index contributed by atoms with van der Waals surface area (Å²) in [6, 6.07) is 12.5. The van der Waals surface area contributed by atoms with Crippen molar-refractivity contribution in [1.29, 1.82) is 0 Å². The normalized spacial score (nSPS) is 12.4. The summed E-state index contributed by atoms with van der Waals surface area (Å²) in [5, 5.41) is 2.99. The van der Waals surface area contributed by atoms with Crippen LogP contribution in [0, 0.1) is 0 Å². The fourth-order valence-corrected chi connectivity index (χ4v) is 4.33. The van der Waals surface area contributed by atoms with Gasteiger partial charge in [-0.25, -0.2) is 8.42 Å². The van der Waals surface area contributed by atoms with Crippen LogP contribution in [-0.4, -0.2) is 47.7 Å². The third kappa shape index (κ3) is 7.01. The molecular formula is C20H25ClN2O5S. The van der Waals surface area contributed by atoms with Gasteiger partial charge in [0, 0.05) is 25.3 Å². The van der Waals surface area contributed by atoms with Crippen LogP contribution in [-0.2, 0) is 26.0 Å². The molecule has 9 heteroatoms. The Balaban J connectivity index is 2.25. The number of halogens is 1. The SMILES string of the molecule is COCCCNC(=O)C(Cc1ccccc1)NS(=O)(=O)c1cc(Cl)ccc1OC. The van der Waals surface area contributed by atoms with E-state index in [1.54, 1.807) is 7.11 Å². The lowest BCUT2D eigenvalue weighted by Gasteiger charge is -2.20. The van der Waals surface area contributed by atoms with Crippen molar-refractivity contribution in [2.45, 2.75) is 23.8 Å². The molecule has 0 aliphatic heterocycles. The molecule has 2 rings (SSSR count). The van der Waals surface area contributed by atoms with Crippen molar-refractivity contribution in [3.8, 4) is 5.75 Å². The van der Waals surface area contributed by atoms with Gasteiger partial charge in [0.25, 0.3) is 0 Å². The number of sulfonamides is 1. The van der Waals surface area contributed by atoms with Gasteiger partial charge in [-0.1, -0.05) is 41.9 Å². The molecule has 2 aromatic carbocycles. The summed E-state index contributed by atoms with van der Waals surface area (Å²) in [5.41, 5.74) is 0.824. The van der Waals surface area contributed by atoms with Gasteiger partial charge in [0.15, 0.2) is 0 Å². The first-order valence-corrected chi connectivity index (χ1v) is 10.9. The maximum absolute atomic E-state index is 13.0. The second kappa shape index (κ2) is 11.2. The third-order valence-electron chi connectivity index (χ3n) is 4.14. The van der Waals surface area contributed by atoms with Gasteiger partial charge in [0.2, 0.25) is 15.9 Å². The van der Waals surface area contributed by atoms with Gasteiger partial charge in [0.05, 0.1) is 7.11 Å². The van der Waals surface area contributed by atoms with Crippen LogP contribution < -0.4 is 14.8 Å². The van der Waals surface area contributed by atoms with E-state index in [0.29, 0.717) is 19.6 Å². The van der Waals surface area contributed by atoms with Crippen molar-refractivity contribution in [3.05, 3.63) is 59.1 Å². The van der Waals surface area contributed by atoms with E-state index in [-0.39, 0.29) is 22.1 Å². The summed E-state index contributed by atoms with van der Waals surface area (Å²) in [6.07, 6.45) is 0.814. The lowest BCUT2D eigenvalue weighted by atomic mass is 10.1. The second-order valence-corrected chi connectivity index (χ2v) is 8.41. The molecule has 0 saturated heterocycles. The number of hydrogen-bond acceptors (Lipinski definition) is 5. The fourth-order valence-electron chi connectivity index (χ4n) is 2.70. The van der Waals surface area contributed by atoms with Crippen LogP contribution in [0.15, 0.2) is 53.4 Å². The van der Waals surface area contributed by atoms with E-state index < -0.39 is 22.0 Å². The summed E-state index contributed by atoms with van der Waals surface area (Å²) in [4.78, 5) is 12.6. The quantitative estimate of drug-likeness (QED) is 0.523. The number of carbonyl (C=O) groups is 1. The molecule has 0 fully saturated rings. The molecule has 2 aromatic rings. The Kier molecular flexibility index (Phi) is 8.91. The third-order valence-corrected chi connectivity index (χ3v) is 5.86. The minimum atomic E-state index is -4.07. The molecule has 0 aliphatic carbocycles. The van der Waals surface area contributed by atoms with E-state index >= 15 is 0 Å². The van der Waals surface area contributed by atoms with E-state index in [9.17, 15) is 13.2 Å². The van der Waals surface area contributed by atoms with Crippen LogP contribution in [0.25, 0.3) is 0 Å². The highest BCUT2D eigenvalue weighted by Gasteiger charge is 2.28. The van der Waals surface area contributed by atoms with E-state index in [4.69, 9.17) is 21.1 Å². The number of hydrogen-bond donors (Lipinski definition) is 2. The Morgan fingerprint density at radius 3 is 2.52 bits per heavy atom. The topological polar surface area (TPSA) is 93.7 Å². The summed E-state index contributed by atoms with van der Waals surface area (Å²) in [7, 11) is -1.13. The van der Waals surface area contributed by atoms with Gasteiger partial charge in [-0.15, -0.1) is 0 Å². The lowest BCUT2D eigenvalue weighted by molar-refractivity contribution is -0.122. The summed E-state index contributed by atoms with van der Waals surface area (Å²) >= 11 is 5.97. The predicted molar refractivity (Wildman–Crippen MR) is 112 cm³/mol. The van der Waals surface area contributed by atoms with Gasteiger partial charge in [0.1, 0.15) is 16.7 Å². The van der Waals surface area contributed by atoms with Crippen molar-refractivity contribution in [2.24, 2.45) is 0 Å². The molecule has 158 valence electrons. The average Bonchev–Trinajstić information content (AvgIpc) is 2.71.